The number of allylic oxidation sites excluding steroid dienone is 2. The van der Waals surface area contributed by atoms with E-state index in [1.165, 1.54) is 44.9 Å². The zero-order valence-electron chi connectivity index (χ0n) is 19.8. The van der Waals surface area contributed by atoms with Crippen molar-refractivity contribution in [2.45, 2.75) is 112 Å². The smallest absolute Gasteiger partial charge is 0.156 e. The summed E-state index contributed by atoms with van der Waals surface area (Å²) in [5.74, 6) is 3.65. The average molecular weight is 407 g/mol. The average Bonchev–Trinajstić information content (AvgIpc) is 3.09. The Morgan fingerprint density at radius 3 is 2.18 bits per heavy atom. The Kier molecular flexibility index (Phi) is 10.7. The van der Waals surface area contributed by atoms with Gasteiger partial charge in [-0.15, -0.1) is 0 Å². The third-order valence-electron chi connectivity index (χ3n) is 8.83. The molecule has 2 radical (unpaired) electrons. The van der Waals surface area contributed by atoms with Crippen molar-refractivity contribution in [3.8, 4) is 0 Å². The van der Waals surface area contributed by atoms with Gasteiger partial charge in [-0.05, 0) is 99.2 Å². The van der Waals surface area contributed by atoms with Crippen molar-refractivity contribution < 1.29 is 5.11 Å². The zero-order chi connectivity index (χ0) is 21.5. The molecule has 4 saturated carbocycles. The van der Waals surface area contributed by atoms with Gasteiger partial charge in [0.1, 0.15) is 0 Å². The van der Waals surface area contributed by atoms with Crippen LogP contribution in [0.1, 0.15) is 106 Å². The third-order valence-corrected chi connectivity index (χ3v) is 8.83. The van der Waals surface area contributed by atoms with E-state index in [0.29, 0.717) is 10.8 Å². The summed E-state index contributed by atoms with van der Waals surface area (Å²) >= 11 is 3.03. The van der Waals surface area contributed by atoms with Crippen molar-refractivity contribution in [2.75, 3.05) is 0 Å². The fourth-order valence-electron chi connectivity index (χ4n) is 7.56. The molecule has 7 unspecified atom stereocenters. The summed E-state index contributed by atoms with van der Waals surface area (Å²) in [4.78, 5) is 0. The van der Waals surface area contributed by atoms with Crippen LogP contribution in [0.15, 0.2) is 11.6 Å². The highest BCUT2D eigenvalue weighted by Crippen LogP contribution is 2.67. The fraction of sp³-hybridized carbons (Fsp3) is 0.920. The maximum absolute atomic E-state index is 10.1. The normalized spacial score (nSPS) is 44.9. The number of aliphatic hydroxyl groups excluding tert-OH is 1. The molecule has 0 amide bonds. The van der Waals surface area contributed by atoms with Gasteiger partial charge in [-0.2, -0.15) is 0 Å². The second kappa shape index (κ2) is 11.5. The van der Waals surface area contributed by atoms with E-state index in [0.717, 1.165) is 36.5 Å². The van der Waals surface area contributed by atoms with E-state index < -0.39 is 0 Å². The van der Waals surface area contributed by atoms with E-state index in [4.69, 9.17) is 0 Å². The predicted octanol–water partition coefficient (Wildman–Crippen LogP) is 7.39. The van der Waals surface area contributed by atoms with Gasteiger partial charge in [0.25, 0.3) is 0 Å². The molecule has 0 aromatic carbocycles. The molecule has 4 aliphatic rings. The first-order valence-corrected chi connectivity index (χ1v) is 12.6. The summed E-state index contributed by atoms with van der Waals surface area (Å²) in [6, 6.07) is 0. The van der Waals surface area contributed by atoms with Crippen LogP contribution in [0.25, 0.3) is 0 Å². The van der Waals surface area contributed by atoms with Gasteiger partial charge >= 0.3 is 0 Å². The van der Waals surface area contributed by atoms with Crippen LogP contribution in [0.4, 0.5) is 0 Å². The minimum atomic E-state index is -0.00964. The summed E-state index contributed by atoms with van der Waals surface area (Å²) in [6.45, 7) is 15.4. The Balaban J connectivity index is 0.000000599. The molecular weight excluding hydrogens is 359 g/mol. The molecule has 4 aliphatic carbocycles. The maximum Gasteiger partial charge on any atom is 0.156 e. The Bertz CT molecular complexity index is 493. The van der Waals surface area contributed by atoms with Crippen molar-refractivity contribution in [3.05, 3.63) is 11.6 Å². The van der Waals surface area contributed by atoms with E-state index in [-0.39, 0.29) is 6.10 Å². The number of aliphatic hydroxyl groups is 1. The molecular formula is C25H47BOS. The summed E-state index contributed by atoms with van der Waals surface area (Å²) in [5, 5.41) is 10.1. The van der Waals surface area contributed by atoms with E-state index in [9.17, 15) is 5.11 Å². The molecule has 28 heavy (non-hydrogen) atoms. The molecule has 0 aliphatic heterocycles. The summed E-state index contributed by atoms with van der Waals surface area (Å²) in [6.07, 6.45) is 14.3. The van der Waals surface area contributed by atoms with Crippen LogP contribution in [0.5, 0.6) is 0 Å². The van der Waals surface area contributed by atoms with Crippen LogP contribution in [0.2, 0.25) is 0 Å². The lowest BCUT2D eigenvalue weighted by molar-refractivity contribution is -0.116. The first kappa shape index (κ1) is 26.2. The largest absolute Gasteiger partial charge is 0.393 e. The topological polar surface area (TPSA) is 20.2 Å². The first-order valence-electron chi connectivity index (χ1n) is 12.1. The molecule has 7 atom stereocenters. The molecule has 0 spiro atoms. The molecule has 0 aromatic rings. The second-order valence-electron chi connectivity index (χ2n) is 9.39. The van der Waals surface area contributed by atoms with Crippen molar-refractivity contribution in [2.24, 2.45) is 34.5 Å². The van der Waals surface area contributed by atoms with Gasteiger partial charge in [0.2, 0.25) is 0 Å². The standard InChI is InChI=1S/C21H34O.2C2H6.BHS/c1-4-14-6-8-18-17-7-5-15-13-16(22)9-11-21(15,3)19(17)10-12-20(14,18)2;3*1-2/h4,15-19,22H,5-13H2,1-3H3;2*1-2H3;2H/b14-4-;;;. The lowest BCUT2D eigenvalue weighted by atomic mass is 9.45. The second-order valence-corrected chi connectivity index (χ2v) is 9.39. The Morgan fingerprint density at radius 1 is 0.929 bits per heavy atom. The third kappa shape index (κ3) is 4.56. The van der Waals surface area contributed by atoms with Gasteiger partial charge < -0.3 is 5.11 Å². The highest BCUT2D eigenvalue weighted by molar-refractivity contribution is 8.03. The fourth-order valence-corrected chi connectivity index (χ4v) is 7.56. The number of rotatable bonds is 0. The number of thiol groups is 1. The lowest BCUT2D eigenvalue weighted by Crippen LogP contribution is -2.53. The number of hydrogen-bond donors (Lipinski definition) is 2. The van der Waals surface area contributed by atoms with Crippen LogP contribution in [0, 0.1) is 34.5 Å². The Morgan fingerprint density at radius 2 is 1.57 bits per heavy atom. The van der Waals surface area contributed by atoms with Crippen LogP contribution in [-0.2, 0) is 0 Å². The lowest BCUT2D eigenvalue weighted by Gasteiger charge is -2.60. The summed E-state index contributed by atoms with van der Waals surface area (Å²) in [7, 11) is 4.19. The van der Waals surface area contributed by atoms with Gasteiger partial charge in [-0.1, -0.05) is 53.2 Å². The molecule has 0 bridgehead atoms. The molecule has 1 nitrogen and oxygen atoms in total. The minimum Gasteiger partial charge on any atom is -0.393 e. The molecule has 4 rings (SSSR count). The summed E-state index contributed by atoms with van der Waals surface area (Å²) < 4.78 is 0. The van der Waals surface area contributed by atoms with E-state index >= 15 is 0 Å². The number of hydrogen-bond acceptors (Lipinski definition) is 2. The molecule has 0 heterocycles. The first-order chi connectivity index (χ1) is 13.5. The van der Waals surface area contributed by atoms with Crippen LogP contribution >= 0.6 is 12.5 Å². The van der Waals surface area contributed by atoms with E-state index in [1.54, 1.807) is 5.57 Å². The SMILES string of the molecule is C/C=C1/CCC2C3CCC4CC(O)CCC4(C)C3CCC12C.CC.CC.[B]S. The monoisotopic (exact) mass is 406 g/mol. The van der Waals surface area contributed by atoms with Gasteiger partial charge in [0.15, 0.2) is 7.12 Å². The van der Waals surface area contributed by atoms with Gasteiger partial charge in [-0.3, -0.25) is 0 Å². The van der Waals surface area contributed by atoms with Crippen molar-refractivity contribution in [1.82, 2.24) is 0 Å². The van der Waals surface area contributed by atoms with E-state index in [2.05, 4.69) is 46.5 Å². The summed E-state index contributed by atoms with van der Waals surface area (Å²) in [5.41, 5.74) is 2.82. The maximum atomic E-state index is 10.1. The molecule has 3 heteroatoms. The van der Waals surface area contributed by atoms with Crippen molar-refractivity contribution in [3.63, 3.8) is 0 Å². The van der Waals surface area contributed by atoms with Gasteiger partial charge in [0.05, 0.1) is 6.10 Å². The van der Waals surface area contributed by atoms with Crippen molar-refractivity contribution in [1.29, 1.82) is 0 Å². The van der Waals surface area contributed by atoms with Gasteiger partial charge in [0, 0.05) is 0 Å². The van der Waals surface area contributed by atoms with Crippen LogP contribution in [-0.4, -0.2) is 18.3 Å². The van der Waals surface area contributed by atoms with Crippen molar-refractivity contribution >= 4 is 19.6 Å². The quantitative estimate of drug-likeness (QED) is 0.244. The Labute approximate surface area is 183 Å². The molecule has 0 saturated heterocycles. The number of fused-ring (bicyclic) bond motifs is 5. The highest BCUT2D eigenvalue weighted by Gasteiger charge is 2.58. The minimum absolute atomic E-state index is 0.00964. The van der Waals surface area contributed by atoms with Crippen LogP contribution < -0.4 is 0 Å². The molecule has 0 aromatic heterocycles. The zero-order valence-corrected chi connectivity index (χ0v) is 20.7. The van der Waals surface area contributed by atoms with Gasteiger partial charge in [-0.25, -0.2) is 12.5 Å². The molecule has 4 fully saturated rings. The Hall–Kier alpha value is 0.115. The van der Waals surface area contributed by atoms with E-state index in [1.807, 2.05) is 27.7 Å². The highest BCUT2D eigenvalue weighted by atomic mass is 32.1. The molecule has 162 valence electrons. The van der Waals surface area contributed by atoms with Crippen LogP contribution in [0.3, 0.4) is 0 Å². The predicted molar refractivity (Wildman–Crippen MR) is 129 cm³/mol. The molecule has 1 N–H and O–H groups in total.